The van der Waals surface area contributed by atoms with Crippen LogP contribution in [-0.2, 0) is 37.9 Å². The Morgan fingerprint density at radius 1 is 0.485 bits per heavy atom. The first-order chi connectivity index (χ1) is 15.3. The lowest BCUT2D eigenvalue weighted by molar-refractivity contribution is -0.465. The van der Waals surface area contributed by atoms with Crippen LogP contribution in [0.15, 0.2) is 50.6 Å². The zero-order valence-corrected chi connectivity index (χ0v) is 22.7. The van der Waals surface area contributed by atoms with E-state index in [0.717, 1.165) is 0 Å². The highest BCUT2D eigenvalue weighted by molar-refractivity contribution is 6.52. The van der Waals surface area contributed by atoms with Gasteiger partial charge in [-0.2, -0.15) is 18.3 Å². The van der Waals surface area contributed by atoms with Gasteiger partial charge in [0.25, 0.3) is 0 Å². The predicted molar refractivity (Wildman–Crippen MR) is 130 cm³/mol. The molecule has 192 valence electrons. The van der Waals surface area contributed by atoms with E-state index in [2.05, 4.69) is 26.3 Å². The quantitative estimate of drug-likeness (QED) is 0.0818. The van der Waals surface area contributed by atoms with Gasteiger partial charge in [0, 0.05) is 0 Å². The molecule has 0 saturated heterocycles. The van der Waals surface area contributed by atoms with Gasteiger partial charge in [-0.05, 0) is 53.4 Å². The maximum Gasteiger partial charge on any atom is 0.792 e. The second-order valence-electron chi connectivity index (χ2n) is 8.65. The average molecular weight is 489 g/mol. The zero-order chi connectivity index (χ0) is 25.8. The van der Waals surface area contributed by atoms with Crippen molar-refractivity contribution in [1.82, 2.24) is 0 Å². The molecule has 0 fully saturated rings. The van der Waals surface area contributed by atoms with Gasteiger partial charge in [0.1, 0.15) is 22.4 Å². The summed E-state index contributed by atoms with van der Waals surface area (Å²) in [6.07, 6.45) is 8.54. The fraction of sp³-hybridized carbons (Fsp3) is 0.667. The molecule has 0 amide bonds. The van der Waals surface area contributed by atoms with Crippen LogP contribution in [-0.4, -0.2) is 31.5 Å². The first kappa shape index (κ1) is 31.9. The molecule has 33 heavy (non-hydrogen) atoms. The molecule has 0 spiro atoms. The highest BCUT2D eigenvalue weighted by atomic mass is 28.4. The SMILES string of the molecule is C=CC(C)(CC)OO[Si](OOC(C)(C=C)CC)(OOC(C)(C=C)CC)OOC(C)(C=C)CC. The lowest BCUT2D eigenvalue weighted by Gasteiger charge is -2.35. The van der Waals surface area contributed by atoms with Crippen molar-refractivity contribution in [3.05, 3.63) is 50.6 Å². The first-order valence-corrected chi connectivity index (χ1v) is 13.0. The summed E-state index contributed by atoms with van der Waals surface area (Å²) in [4.78, 5) is 22.6. The van der Waals surface area contributed by atoms with Crippen molar-refractivity contribution in [2.45, 2.75) is 103 Å². The molecule has 0 aromatic carbocycles. The Morgan fingerprint density at radius 3 is 0.788 bits per heavy atom. The minimum Gasteiger partial charge on any atom is -0.231 e. The van der Waals surface area contributed by atoms with Crippen molar-refractivity contribution in [3.8, 4) is 0 Å². The summed E-state index contributed by atoms with van der Waals surface area (Å²) in [5.74, 6) is 0. The third-order valence-corrected chi connectivity index (χ3v) is 7.02. The summed E-state index contributed by atoms with van der Waals surface area (Å²) in [5.41, 5.74) is -3.50. The van der Waals surface area contributed by atoms with Crippen LogP contribution in [0.4, 0.5) is 0 Å². The predicted octanol–water partition coefficient (Wildman–Crippen LogP) is 6.63. The van der Waals surface area contributed by atoms with Crippen LogP contribution in [0.5, 0.6) is 0 Å². The molecular formula is C24H44O8Si. The average Bonchev–Trinajstić information content (AvgIpc) is 2.86. The maximum absolute atomic E-state index is 5.65. The Hall–Kier alpha value is -1.14. The van der Waals surface area contributed by atoms with E-state index in [1.807, 2.05) is 27.7 Å². The molecule has 0 heterocycles. The Bertz CT molecular complexity index is 534. The van der Waals surface area contributed by atoms with Gasteiger partial charge >= 0.3 is 9.05 Å². The first-order valence-electron chi connectivity index (χ1n) is 11.3. The molecule has 0 aliphatic heterocycles. The molecular weight excluding hydrogens is 444 g/mol. The van der Waals surface area contributed by atoms with Crippen molar-refractivity contribution < 1.29 is 37.9 Å². The molecule has 0 rings (SSSR count). The number of hydrogen-bond donors (Lipinski definition) is 0. The number of hydrogen-bond acceptors (Lipinski definition) is 8. The second kappa shape index (κ2) is 13.7. The molecule has 0 aromatic heterocycles. The lowest BCUT2D eigenvalue weighted by atomic mass is 10.1. The summed E-state index contributed by atoms with van der Waals surface area (Å²) in [6, 6.07) is 0. The fourth-order valence-corrected chi connectivity index (χ4v) is 2.95. The van der Waals surface area contributed by atoms with Crippen molar-refractivity contribution in [2.24, 2.45) is 0 Å². The Balaban J connectivity index is 6.20. The molecule has 0 radical (unpaired) electrons. The maximum atomic E-state index is 5.65. The van der Waals surface area contributed by atoms with Crippen LogP contribution < -0.4 is 0 Å². The molecule has 0 bridgehead atoms. The Morgan fingerprint density at radius 2 is 0.667 bits per heavy atom. The number of rotatable bonds is 20. The molecule has 0 saturated carbocycles. The Kier molecular flexibility index (Phi) is 13.2. The molecule has 4 atom stereocenters. The van der Waals surface area contributed by atoms with Crippen LogP contribution in [0.2, 0.25) is 0 Å². The van der Waals surface area contributed by atoms with Gasteiger partial charge in [0.15, 0.2) is 0 Å². The summed E-state index contributed by atoms with van der Waals surface area (Å²) >= 11 is 0. The van der Waals surface area contributed by atoms with Gasteiger partial charge < -0.3 is 0 Å². The second-order valence-corrected chi connectivity index (χ2v) is 10.3. The van der Waals surface area contributed by atoms with Crippen LogP contribution in [0, 0.1) is 0 Å². The molecule has 0 aliphatic carbocycles. The van der Waals surface area contributed by atoms with Gasteiger partial charge in [-0.1, -0.05) is 52.0 Å². The van der Waals surface area contributed by atoms with Gasteiger partial charge in [0.2, 0.25) is 0 Å². The lowest BCUT2D eigenvalue weighted by Crippen LogP contribution is -2.54. The van der Waals surface area contributed by atoms with Crippen LogP contribution in [0.3, 0.4) is 0 Å². The van der Waals surface area contributed by atoms with E-state index in [1.54, 1.807) is 52.0 Å². The summed E-state index contributed by atoms with van der Waals surface area (Å²) in [5, 5.41) is 0. The van der Waals surface area contributed by atoms with E-state index in [9.17, 15) is 0 Å². The zero-order valence-electron chi connectivity index (χ0n) is 21.7. The molecule has 9 heteroatoms. The molecule has 0 N–H and O–H groups in total. The van der Waals surface area contributed by atoms with Crippen molar-refractivity contribution >= 4 is 9.05 Å². The third kappa shape index (κ3) is 9.93. The molecule has 0 aliphatic rings. The fourth-order valence-electron chi connectivity index (χ4n) is 1.62. The Labute approximate surface area is 201 Å². The summed E-state index contributed by atoms with van der Waals surface area (Å²) < 4.78 is 22.6. The van der Waals surface area contributed by atoms with Crippen LogP contribution in [0.25, 0.3) is 0 Å². The minimum absolute atomic E-state index is 0.543. The normalized spacial score (nSPS) is 20.8. The van der Waals surface area contributed by atoms with E-state index in [0.29, 0.717) is 25.7 Å². The van der Waals surface area contributed by atoms with Gasteiger partial charge in [0.05, 0.1) is 0 Å². The smallest absolute Gasteiger partial charge is 0.231 e. The van der Waals surface area contributed by atoms with Gasteiger partial charge in [-0.3, -0.25) is 0 Å². The molecule has 0 aromatic rings. The minimum atomic E-state index is -4.44. The summed E-state index contributed by atoms with van der Waals surface area (Å²) in [7, 11) is -4.44. The highest BCUT2D eigenvalue weighted by Gasteiger charge is 2.58. The van der Waals surface area contributed by atoms with E-state index >= 15 is 0 Å². The summed E-state index contributed by atoms with van der Waals surface area (Å²) in [6.45, 7) is 29.9. The van der Waals surface area contributed by atoms with Crippen LogP contribution in [0.1, 0.15) is 81.1 Å². The van der Waals surface area contributed by atoms with Crippen LogP contribution >= 0.6 is 0 Å². The van der Waals surface area contributed by atoms with E-state index < -0.39 is 31.5 Å². The van der Waals surface area contributed by atoms with Gasteiger partial charge in [-0.15, -0.1) is 26.3 Å². The third-order valence-electron chi connectivity index (χ3n) is 5.87. The van der Waals surface area contributed by atoms with E-state index in [-0.39, 0.29) is 0 Å². The van der Waals surface area contributed by atoms with Crippen molar-refractivity contribution in [3.63, 3.8) is 0 Å². The topological polar surface area (TPSA) is 73.8 Å². The van der Waals surface area contributed by atoms with Gasteiger partial charge in [-0.25, -0.2) is 19.6 Å². The standard InChI is InChI=1S/C24H44O8Si/c1-13-21(9,14-2)25-29-33(30-26-22(10,15-3)16-4,31-27-23(11,17-5)18-6)32-28-24(12,19-7)20-8/h13,15,17,19H,1,3,5,7,14,16,18,20H2,2,4,6,8-12H3. The van der Waals surface area contributed by atoms with E-state index in [4.69, 9.17) is 37.9 Å². The largest absolute Gasteiger partial charge is 0.792 e. The molecule has 8 nitrogen and oxygen atoms in total. The van der Waals surface area contributed by atoms with Crippen molar-refractivity contribution in [2.75, 3.05) is 0 Å². The molecule has 4 unspecified atom stereocenters. The monoisotopic (exact) mass is 488 g/mol. The highest BCUT2D eigenvalue weighted by Crippen LogP contribution is 2.30. The van der Waals surface area contributed by atoms with Crippen molar-refractivity contribution in [1.29, 1.82) is 0 Å². The van der Waals surface area contributed by atoms with E-state index in [1.165, 1.54) is 0 Å².